The minimum Gasteiger partial charge on any atom is -0.367 e. The molecule has 2 aromatic rings. The number of nitrogens with zero attached hydrogens (tertiary/aromatic N) is 1. The number of rotatable bonds is 3. The quantitative estimate of drug-likeness (QED) is 0.852. The largest absolute Gasteiger partial charge is 0.367 e. The Labute approximate surface area is 110 Å². The molecule has 2 heterocycles. The average Bonchev–Trinajstić information content (AvgIpc) is 2.95. The van der Waals surface area contributed by atoms with Crippen molar-refractivity contribution in [3.8, 4) is 0 Å². The topological polar surface area (TPSA) is 39.2 Å². The molecule has 1 saturated heterocycles. The predicted molar refractivity (Wildman–Crippen MR) is 71.9 cm³/mol. The molecule has 1 unspecified atom stereocenters. The summed E-state index contributed by atoms with van der Waals surface area (Å²) in [5.74, 6) is 0.152. The number of hydrogen-bond donors (Lipinski definition) is 0. The highest BCUT2D eigenvalue weighted by atomic mass is 32.1. The first-order valence-electron chi connectivity index (χ1n) is 6.19. The third-order valence-electron chi connectivity index (χ3n) is 3.46. The summed E-state index contributed by atoms with van der Waals surface area (Å²) in [6.07, 6.45) is 2.19. The minimum absolute atomic E-state index is 0.152. The lowest BCUT2D eigenvalue weighted by atomic mass is 9.95. The van der Waals surface area contributed by atoms with Crippen LogP contribution in [-0.4, -0.2) is 23.0 Å². The van der Waals surface area contributed by atoms with E-state index in [2.05, 4.69) is 4.98 Å². The molecular formula is C14H15NO2S. The lowest BCUT2D eigenvalue weighted by Gasteiger charge is -2.20. The van der Waals surface area contributed by atoms with Gasteiger partial charge in [-0.25, -0.2) is 4.98 Å². The number of benzene rings is 1. The van der Waals surface area contributed by atoms with Crippen molar-refractivity contribution in [1.82, 2.24) is 4.98 Å². The Kier molecular flexibility index (Phi) is 2.92. The van der Waals surface area contributed by atoms with Gasteiger partial charge in [0, 0.05) is 6.61 Å². The number of fused-ring (bicyclic) bond motifs is 1. The molecule has 18 heavy (non-hydrogen) atoms. The highest BCUT2D eigenvalue weighted by Gasteiger charge is 2.37. The monoisotopic (exact) mass is 261 g/mol. The maximum Gasteiger partial charge on any atom is 0.171 e. The van der Waals surface area contributed by atoms with Crippen LogP contribution in [0.15, 0.2) is 24.3 Å². The van der Waals surface area contributed by atoms with E-state index in [1.807, 2.05) is 31.2 Å². The zero-order valence-electron chi connectivity index (χ0n) is 10.3. The summed E-state index contributed by atoms with van der Waals surface area (Å²) in [6, 6.07) is 7.98. The lowest BCUT2D eigenvalue weighted by Crippen LogP contribution is -2.35. The van der Waals surface area contributed by atoms with E-state index < -0.39 is 5.60 Å². The van der Waals surface area contributed by atoms with Gasteiger partial charge in [0.1, 0.15) is 10.6 Å². The van der Waals surface area contributed by atoms with Crippen LogP contribution in [0.1, 0.15) is 24.8 Å². The Morgan fingerprint density at radius 1 is 1.50 bits per heavy atom. The Balaban J connectivity index is 1.81. The van der Waals surface area contributed by atoms with Crippen LogP contribution in [0.4, 0.5) is 0 Å². The third kappa shape index (κ3) is 2.06. The summed E-state index contributed by atoms with van der Waals surface area (Å²) in [5, 5.41) is 0.887. The fourth-order valence-corrected chi connectivity index (χ4v) is 3.28. The Morgan fingerprint density at radius 2 is 2.33 bits per heavy atom. The molecule has 94 valence electrons. The fraction of sp³-hybridized carbons (Fsp3) is 0.429. The normalized spacial score (nSPS) is 23.6. The van der Waals surface area contributed by atoms with E-state index in [-0.39, 0.29) is 5.78 Å². The van der Waals surface area contributed by atoms with Crippen molar-refractivity contribution in [3.63, 3.8) is 0 Å². The summed E-state index contributed by atoms with van der Waals surface area (Å²) >= 11 is 1.60. The molecule has 0 N–H and O–H groups in total. The third-order valence-corrected chi connectivity index (χ3v) is 4.49. The van der Waals surface area contributed by atoms with E-state index in [9.17, 15) is 4.79 Å². The van der Waals surface area contributed by atoms with Gasteiger partial charge in [0.2, 0.25) is 0 Å². The number of carbonyl (C=O) groups is 1. The standard InChI is InChI=1S/C14H15NO2S/c1-14(7-4-8-17-14)12(16)9-13-15-10-5-2-3-6-11(10)18-13/h2-3,5-6H,4,7-9H2,1H3. The average molecular weight is 261 g/mol. The van der Waals surface area contributed by atoms with Gasteiger partial charge in [0.05, 0.1) is 16.6 Å². The number of hydrogen-bond acceptors (Lipinski definition) is 4. The Hall–Kier alpha value is -1.26. The van der Waals surface area contributed by atoms with Crippen molar-refractivity contribution in [3.05, 3.63) is 29.3 Å². The smallest absolute Gasteiger partial charge is 0.171 e. The van der Waals surface area contributed by atoms with Crippen molar-refractivity contribution in [2.45, 2.75) is 31.8 Å². The first-order chi connectivity index (χ1) is 8.67. The molecule has 0 radical (unpaired) electrons. The van der Waals surface area contributed by atoms with Gasteiger partial charge >= 0.3 is 0 Å². The maximum atomic E-state index is 12.3. The summed E-state index contributed by atoms with van der Waals surface area (Å²) in [6.45, 7) is 2.59. The van der Waals surface area contributed by atoms with E-state index >= 15 is 0 Å². The van der Waals surface area contributed by atoms with Gasteiger partial charge in [-0.15, -0.1) is 11.3 Å². The summed E-state index contributed by atoms with van der Waals surface area (Å²) in [7, 11) is 0. The lowest BCUT2D eigenvalue weighted by molar-refractivity contribution is -0.136. The second-order valence-electron chi connectivity index (χ2n) is 4.86. The molecule has 0 bridgehead atoms. The number of aromatic nitrogens is 1. The second kappa shape index (κ2) is 4.44. The van der Waals surface area contributed by atoms with E-state index in [1.54, 1.807) is 11.3 Å². The molecule has 1 aromatic carbocycles. The van der Waals surface area contributed by atoms with Crippen molar-refractivity contribution in [2.24, 2.45) is 0 Å². The predicted octanol–water partition coefficient (Wildman–Crippen LogP) is 2.98. The van der Waals surface area contributed by atoms with Gasteiger partial charge in [-0.05, 0) is 31.9 Å². The molecule has 3 rings (SSSR count). The SMILES string of the molecule is CC1(C(=O)Cc2nc3ccccc3s2)CCCO1. The van der Waals surface area contributed by atoms with Gasteiger partial charge in [0.15, 0.2) is 5.78 Å². The maximum absolute atomic E-state index is 12.3. The van der Waals surface area contributed by atoms with Crippen molar-refractivity contribution in [1.29, 1.82) is 0 Å². The first kappa shape index (κ1) is 11.8. The molecule has 0 aliphatic carbocycles. The van der Waals surface area contributed by atoms with E-state index in [0.717, 1.165) is 28.1 Å². The summed E-state index contributed by atoms with van der Waals surface area (Å²) in [4.78, 5) is 16.8. The number of Topliss-reactive ketones (excluding diaryl/α,β-unsaturated/α-hetero) is 1. The van der Waals surface area contributed by atoms with Gasteiger partial charge in [0.25, 0.3) is 0 Å². The molecule has 0 spiro atoms. The summed E-state index contributed by atoms with van der Waals surface area (Å²) < 4.78 is 6.71. The van der Waals surface area contributed by atoms with Crippen LogP contribution in [0.5, 0.6) is 0 Å². The van der Waals surface area contributed by atoms with Gasteiger partial charge in [-0.3, -0.25) is 4.79 Å². The first-order valence-corrected chi connectivity index (χ1v) is 7.01. The van der Waals surface area contributed by atoms with E-state index in [0.29, 0.717) is 13.0 Å². The van der Waals surface area contributed by atoms with E-state index in [4.69, 9.17) is 4.74 Å². The minimum atomic E-state index is -0.585. The van der Waals surface area contributed by atoms with Gasteiger partial charge in [-0.1, -0.05) is 12.1 Å². The zero-order chi connectivity index (χ0) is 12.6. The molecule has 4 heteroatoms. The molecule has 0 saturated carbocycles. The second-order valence-corrected chi connectivity index (χ2v) is 5.97. The zero-order valence-corrected chi connectivity index (χ0v) is 11.1. The molecule has 0 amide bonds. The van der Waals surface area contributed by atoms with Crippen LogP contribution in [0.25, 0.3) is 10.2 Å². The number of ether oxygens (including phenoxy) is 1. The molecule has 1 aromatic heterocycles. The van der Waals surface area contributed by atoms with Gasteiger partial charge < -0.3 is 4.74 Å². The fourth-order valence-electron chi connectivity index (χ4n) is 2.32. The molecule has 1 aliphatic rings. The number of thiazole rings is 1. The molecule has 1 atom stereocenters. The molecule has 1 fully saturated rings. The Morgan fingerprint density at radius 3 is 3.06 bits per heavy atom. The van der Waals surface area contributed by atoms with Crippen molar-refractivity contribution in [2.75, 3.05) is 6.61 Å². The van der Waals surface area contributed by atoms with E-state index in [1.165, 1.54) is 0 Å². The van der Waals surface area contributed by atoms with Crippen LogP contribution in [0, 0.1) is 0 Å². The number of ketones is 1. The van der Waals surface area contributed by atoms with Crippen LogP contribution < -0.4 is 0 Å². The summed E-state index contributed by atoms with van der Waals surface area (Å²) in [5.41, 5.74) is 0.389. The van der Waals surface area contributed by atoms with Crippen LogP contribution in [0.3, 0.4) is 0 Å². The number of para-hydroxylation sites is 1. The van der Waals surface area contributed by atoms with Crippen molar-refractivity contribution >= 4 is 27.3 Å². The van der Waals surface area contributed by atoms with Crippen molar-refractivity contribution < 1.29 is 9.53 Å². The highest BCUT2D eigenvalue weighted by molar-refractivity contribution is 7.18. The van der Waals surface area contributed by atoms with Crippen LogP contribution in [0.2, 0.25) is 0 Å². The highest BCUT2D eigenvalue weighted by Crippen LogP contribution is 2.29. The van der Waals surface area contributed by atoms with Crippen LogP contribution in [-0.2, 0) is 16.0 Å². The Bertz CT molecular complexity index is 551. The molecular weight excluding hydrogens is 246 g/mol. The van der Waals surface area contributed by atoms with Crippen LogP contribution >= 0.6 is 11.3 Å². The van der Waals surface area contributed by atoms with Gasteiger partial charge in [-0.2, -0.15) is 0 Å². The molecule has 1 aliphatic heterocycles. The molecule has 3 nitrogen and oxygen atoms in total. The number of carbonyl (C=O) groups excluding carboxylic acids is 1.